The maximum Gasteiger partial charge on any atom is 0.268 e. The molecule has 2 aromatic heterocycles. The fraction of sp³-hybridized carbons (Fsp3) is 0.100. The van der Waals surface area contributed by atoms with Gasteiger partial charge in [0.05, 0.1) is 10.6 Å². The molecule has 2 aromatic carbocycles. The summed E-state index contributed by atoms with van der Waals surface area (Å²) in [5.74, 6) is 0.248. The quantitative estimate of drug-likeness (QED) is 0.481. The van der Waals surface area contributed by atoms with Crippen LogP contribution < -0.4 is 4.72 Å². The molecule has 0 atom stereocenters. The number of thiophene rings is 1. The second-order valence-electron chi connectivity index (χ2n) is 6.38. The van der Waals surface area contributed by atoms with Crippen LogP contribution in [0, 0.1) is 19.7 Å². The van der Waals surface area contributed by atoms with Gasteiger partial charge in [0.1, 0.15) is 10.7 Å². The Balaban J connectivity index is 1.65. The number of halogens is 1. The van der Waals surface area contributed by atoms with Crippen LogP contribution in [0.15, 0.2) is 64.0 Å². The van der Waals surface area contributed by atoms with Crippen molar-refractivity contribution in [1.29, 1.82) is 0 Å². The van der Waals surface area contributed by atoms with Gasteiger partial charge >= 0.3 is 0 Å². The van der Waals surface area contributed by atoms with E-state index < -0.39 is 15.8 Å². The molecule has 0 spiro atoms. The van der Waals surface area contributed by atoms with Gasteiger partial charge in [0.25, 0.3) is 15.9 Å². The number of aryl methyl sites for hydroxylation is 2. The van der Waals surface area contributed by atoms with Crippen LogP contribution in [0.25, 0.3) is 22.2 Å². The van der Waals surface area contributed by atoms with Crippen molar-refractivity contribution in [2.24, 2.45) is 0 Å². The van der Waals surface area contributed by atoms with Gasteiger partial charge in [0, 0.05) is 10.4 Å². The SMILES string of the molecule is Cc1cc(F)ccc1NS(=O)(=O)c1cc(-c2nc(-c3ccccc3)no2)sc1C. The lowest BCUT2D eigenvalue weighted by atomic mass is 10.2. The Morgan fingerprint density at radius 3 is 2.55 bits per heavy atom. The first kappa shape index (κ1) is 19.3. The normalized spacial score (nSPS) is 11.6. The lowest BCUT2D eigenvalue weighted by Crippen LogP contribution is -2.14. The van der Waals surface area contributed by atoms with Gasteiger partial charge in [-0.05, 0) is 43.7 Å². The summed E-state index contributed by atoms with van der Waals surface area (Å²) in [7, 11) is -3.86. The minimum atomic E-state index is -3.86. The summed E-state index contributed by atoms with van der Waals surface area (Å²) in [6, 6.07) is 14.7. The van der Waals surface area contributed by atoms with Crippen molar-refractivity contribution in [3.8, 4) is 22.2 Å². The van der Waals surface area contributed by atoms with Gasteiger partial charge in [-0.1, -0.05) is 35.5 Å². The Kier molecular flexibility index (Phi) is 4.93. The van der Waals surface area contributed by atoms with E-state index in [1.54, 1.807) is 13.8 Å². The highest BCUT2D eigenvalue weighted by atomic mass is 32.2. The number of nitrogens with zero attached hydrogens (tertiary/aromatic N) is 2. The van der Waals surface area contributed by atoms with Gasteiger partial charge in [-0.2, -0.15) is 4.98 Å². The average Bonchev–Trinajstić information content (AvgIpc) is 3.32. The summed E-state index contributed by atoms with van der Waals surface area (Å²) >= 11 is 1.24. The van der Waals surface area contributed by atoms with Crippen LogP contribution in [0.5, 0.6) is 0 Å². The van der Waals surface area contributed by atoms with E-state index in [1.807, 2.05) is 30.3 Å². The molecule has 0 aliphatic rings. The molecule has 6 nitrogen and oxygen atoms in total. The summed E-state index contributed by atoms with van der Waals surface area (Å²) < 4.78 is 46.9. The van der Waals surface area contributed by atoms with Gasteiger partial charge in [0.2, 0.25) is 5.82 Å². The fourth-order valence-electron chi connectivity index (χ4n) is 2.81. The number of hydrogen-bond acceptors (Lipinski definition) is 6. The van der Waals surface area contributed by atoms with E-state index in [1.165, 1.54) is 35.6 Å². The highest BCUT2D eigenvalue weighted by Gasteiger charge is 2.23. The number of benzene rings is 2. The third kappa shape index (κ3) is 3.92. The van der Waals surface area contributed by atoms with Crippen molar-refractivity contribution in [2.75, 3.05) is 4.72 Å². The van der Waals surface area contributed by atoms with E-state index in [0.29, 0.717) is 26.8 Å². The summed E-state index contributed by atoms with van der Waals surface area (Å²) in [5.41, 5.74) is 1.62. The Morgan fingerprint density at radius 1 is 1.07 bits per heavy atom. The van der Waals surface area contributed by atoms with E-state index in [-0.39, 0.29) is 10.8 Å². The van der Waals surface area contributed by atoms with Crippen molar-refractivity contribution < 1.29 is 17.3 Å². The Bertz CT molecular complexity index is 1280. The van der Waals surface area contributed by atoms with Crippen molar-refractivity contribution in [2.45, 2.75) is 18.7 Å². The third-order valence-electron chi connectivity index (χ3n) is 4.26. The molecule has 1 N–H and O–H groups in total. The molecule has 0 fully saturated rings. The Hall–Kier alpha value is -3.04. The molecule has 9 heteroatoms. The predicted molar refractivity (Wildman–Crippen MR) is 110 cm³/mol. The molecule has 29 heavy (non-hydrogen) atoms. The first-order valence-corrected chi connectivity index (χ1v) is 10.9. The monoisotopic (exact) mass is 429 g/mol. The number of anilines is 1. The average molecular weight is 429 g/mol. The molecule has 4 rings (SSSR count). The van der Waals surface area contributed by atoms with E-state index in [4.69, 9.17) is 4.52 Å². The molecule has 0 aliphatic heterocycles. The maximum absolute atomic E-state index is 13.3. The van der Waals surface area contributed by atoms with Crippen LogP contribution in [-0.2, 0) is 10.0 Å². The summed E-state index contributed by atoms with van der Waals surface area (Å²) in [5, 5.41) is 3.97. The van der Waals surface area contributed by atoms with Crippen LogP contribution >= 0.6 is 11.3 Å². The van der Waals surface area contributed by atoms with Crippen molar-refractivity contribution >= 4 is 27.0 Å². The minimum Gasteiger partial charge on any atom is -0.333 e. The number of rotatable bonds is 5. The summed E-state index contributed by atoms with van der Waals surface area (Å²) in [4.78, 5) is 5.61. The first-order chi connectivity index (χ1) is 13.8. The lowest BCUT2D eigenvalue weighted by Gasteiger charge is -2.10. The Morgan fingerprint density at radius 2 is 1.83 bits per heavy atom. The molecular weight excluding hydrogens is 413 g/mol. The molecule has 0 aliphatic carbocycles. The van der Waals surface area contributed by atoms with E-state index in [2.05, 4.69) is 14.9 Å². The highest BCUT2D eigenvalue weighted by molar-refractivity contribution is 7.93. The van der Waals surface area contributed by atoms with E-state index in [0.717, 1.165) is 5.56 Å². The van der Waals surface area contributed by atoms with Crippen molar-refractivity contribution in [1.82, 2.24) is 10.1 Å². The molecular formula is C20H16FN3O3S2. The third-order valence-corrected chi connectivity index (χ3v) is 6.92. The molecule has 0 saturated carbocycles. The fourth-order valence-corrected chi connectivity index (χ4v) is 5.45. The molecule has 2 heterocycles. The van der Waals surface area contributed by atoms with Gasteiger partial charge < -0.3 is 4.52 Å². The van der Waals surface area contributed by atoms with Crippen LogP contribution in [-0.4, -0.2) is 18.6 Å². The molecule has 4 aromatic rings. The molecule has 0 unspecified atom stereocenters. The molecule has 0 bridgehead atoms. The maximum atomic E-state index is 13.3. The van der Waals surface area contributed by atoms with Crippen molar-refractivity contribution in [3.05, 3.63) is 70.9 Å². The Labute approximate surface area is 171 Å². The number of sulfonamides is 1. The van der Waals surface area contributed by atoms with Crippen LogP contribution in [0.3, 0.4) is 0 Å². The van der Waals surface area contributed by atoms with E-state index >= 15 is 0 Å². The summed E-state index contributed by atoms with van der Waals surface area (Å²) in [6.45, 7) is 3.34. The van der Waals surface area contributed by atoms with Gasteiger partial charge in [-0.25, -0.2) is 12.8 Å². The predicted octanol–water partition coefficient (Wildman–Crippen LogP) is 5.02. The second-order valence-corrected chi connectivity index (χ2v) is 9.29. The van der Waals surface area contributed by atoms with Gasteiger partial charge in [0.15, 0.2) is 0 Å². The standard InChI is InChI=1S/C20H16FN3O3S2/c1-12-10-15(21)8-9-16(12)24-29(25,26)18-11-17(28-13(18)2)20-22-19(23-27-20)14-6-4-3-5-7-14/h3-11,24H,1-2H3. The van der Waals surface area contributed by atoms with Crippen LogP contribution in [0.4, 0.5) is 10.1 Å². The minimum absolute atomic E-state index is 0.112. The zero-order chi connectivity index (χ0) is 20.6. The number of aromatic nitrogens is 2. The molecule has 0 radical (unpaired) electrons. The van der Waals surface area contributed by atoms with Crippen LogP contribution in [0.1, 0.15) is 10.4 Å². The highest BCUT2D eigenvalue weighted by Crippen LogP contribution is 2.34. The smallest absolute Gasteiger partial charge is 0.268 e. The first-order valence-electron chi connectivity index (χ1n) is 8.62. The molecule has 0 saturated heterocycles. The van der Waals surface area contributed by atoms with Crippen LogP contribution in [0.2, 0.25) is 0 Å². The molecule has 148 valence electrons. The zero-order valence-corrected chi connectivity index (χ0v) is 17.1. The van der Waals surface area contributed by atoms with Crippen molar-refractivity contribution in [3.63, 3.8) is 0 Å². The summed E-state index contributed by atoms with van der Waals surface area (Å²) in [6.07, 6.45) is 0. The van der Waals surface area contributed by atoms with Gasteiger partial charge in [-0.3, -0.25) is 4.72 Å². The topological polar surface area (TPSA) is 85.1 Å². The lowest BCUT2D eigenvalue weighted by molar-refractivity contribution is 0.433. The number of nitrogens with one attached hydrogen (secondary N) is 1. The largest absolute Gasteiger partial charge is 0.333 e. The molecule has 0 amide bonds. The van der Waals surface area contributed by atoms with E-state index in [9.17, 15) is 12.8 Å². The second kappa shape index (κ2) is 7.41. The van der Waals surface area contributed by atoms with Gasteiger partial charge in [-0.15, -0.1) is 11.3 Å². The number of hydrogen-bond donors (Lipinski definition) is 1. The zero-order valence-electron chi connectivity index (χ0n) is 15.5.